The minimum atomic E-state index is -6.23. The third kappa shape index (κ3) is 11.6. The van der Waals surface area contributed by atoms with Crippen molar-refractivity contribution in [3.8, 4) is 0 Å². The second-order valence-corrected chi connectivity index (χ2v) is 8.74. The van der Waals surface area contributed by atoms with Crippen molar-refractivity contribution < 1.29 is 35.1 Å². The van der Waals surface area contributed by atoms with E-state index in [4.69, 9.17) is 0 Å². The Kier molecular flexibility index (Phi) is 12.6. The first kappa shape index (κ1) is 26.8. The summed E-state index contributed by atoms with van der Waals surface area (Å²) in [6.07, 6.45) is 13.2. The molecular weight excluding hydrogens is 400 g/mol. The van der Waals surface area contributed by atoms with Crippen LogP contribution in [0.2, 0.25) is 0 Å². The Hall–Kier alpha value is -1.16. The Morgan fingerprint density at radius 3 is 1.89 bits per heavy atom. The number of nitrogens with zero attached hydrogens (tertiary/aromatic N) is 2. The summed E-state index contributed by atoms with van der Waals surface area (Å²) in [7, 11) is -4.16. The highest BCUT2D eigenvalue weighted by atomic mass is 32.2. The summed E-state index contributed by atoms with van der Waals surface area (Å²) in [6, 6.07) is 0. The van der Waals surface area contributed by atoms with E-state index in [0.29, 0.717) is 0 Å². The van der Waals surface area contributed by atoms with Crippen LogP contribution in [-0.4, -0.2) is 29.2 Å². The summed E-state index contributed by atoms with van der Waals surface area (Å²) < 4.78 is 77.1. The molecule has 0 aliphatic carbocycles. The van der Waals surface area contributed by atoms with Crippen molar-refractivity contribution in [3.63, 3.8) is 0 Å². The van der Waals surface area contributed by atoms with Crippen LogP contribution >= 0.6 is 0 Å². The van der Waals surface area contributed by atoms with Crippen molar-refractivity contribution in [2.24, 2.45) is 13.0 Å². The van der Waals surface area contributed by atoms with E-state index in [0.717, 1.165) is 5.92 Å². The third-order valence-corrected chi connectivity index (χ3v) is 4.95. The van der Waals surface area contributed by atoms with Crippen LogP contribution in [0.25, 0.3) is 0 Å². The van der Waals surface area contributed by atoms with Crippen molar-refractivity contribution in [1.29, 1.82) is 0 Å². The summed E-state index contributed by atoms with van der Waals surface area (Å²) in [6.45, 7) is 5.82. The van der Waals surface area contributed by atoms with Crippen molar-refractivity contribution in [1.82, 2.24) is 4.57 Å². The van der Waals surface area contributed by atoms with Crippen LogP contribution in [0, 0.1) is 5.92 Å². The molecule has 5 nitrogen and oxygen atoms in total. The number of unbranched alkanes of at least 4 members (excludes halogenated alkanes) is 6. The molecule has 1 heterocycles. The molecule has 1 aromatic heterocycles. The Labute approximate surface area is 165 Å². The van der Waals surface area contributed by atoms with Crippen LogP contribution in [0.3, 0.4) is 0 Å². The lowest BCUT2D eigenvalue weighted by Gasteiger charge is -2.17. The molecule has 0 saturated heterocycles. The van der Waals surface area contributed by atoms with Gasteiger partial charge in [0.25, 0.3) is 0 Å². The maximum absolute atomic E-state index is 11.4. The zero-order chi connectivity index (χ0) is 21.8. The first-order chi connectivity index (χ1) is 12.9. The van der Waals surface area contributed by atoms with Gasteiger partial charge in [0.15, 0.2) is 10.1 Å². The monoisotopic (exact) mass is 432 g/mol. The molecule has 0 spiro atoms. The molecule has 0 N–H and O–H groups in total. The topological polar surface area (TPSA) is 66.0 Å². The van der Waals surface area contributed by atoms with Gasteiger partial charge in [-0.05, 0) is 18.8 Å². The van der Waals surface area contributed by atoms with E-state index >= 15 is 0 Å². The van der Waals surface area contributed by atoms with Crippen LogP contribution < -0.4 is 4.57 Å². The quantitative estimate of drug-likeness (QED) is 0.212. The van der Waals surface area contributed by atoms with Gasteiger partial charge in [0, 0.05) is 0 Å². The fourth-order valence-corrected chi connectivity index (χ4v) is 2.69. The Morgan fingerprint density at radius 1 is 1.04 bits per heavy atom. The van der Waals surface area contributed by atoms with E-state index in [2.05, 4.69) is 48.8 Å². The molecule has 166 valence electrons. The lowest BCUT2D eigenvalue weighted by Crippen LogP contribution is -2.36. The van der Waals surface area contributed by atoms with Gasteiger partial charge in [0.05, 0.1) is 13.6 Å². The van der Waals surface area contributed by atoms with Gasteiger partial charge in [-0.1, -0.05) is 52.4 Å². The van der Waals surface area contributed by atoms with Gasteiger partial charge in [-0.3, -0.25) is 0 Å². The van der Waals surface area contributed by atoms with Crippen molar-refractivity contribution in [3.05, 3.63) is 18.7 Å². The van der Waals surface area contributed by atoms with Crippen LogP contribution in [-0.2, 0) is 23.7 Å². The van der Waals surface area contributed by atoms with E-state index in [-0.39, 0.29) is 0 Å². The van der Waals surface area contributed by atoms with E-state index in [9.17, 15) is 30.5 Å². The SMILES string of the molecule is CC(C)CCCCCCCCCn1cc[n+](C)c1.O=S(=O)([O-])C(F)(F)C(F)F. The third-order valence-electron chi connectivity index (χ3n) is 4.11. The van der Waals surface area contributed by atoms with Gasteiger partial charge in [0.1, 0.15) is 12.4 Å². The molecule has 0 aliphatic rings. The van der Waals surface area contributed by atoms with Gasteiger partial charge in [-0.15, -0.1) is 0 Å². The minimum Gasteiger partial charge on any atom is -0.743 e. The van der Waals surface area contributed by atoms with Crippen LogP contribution in [0.4, 0.5) is 17.6 Å². The normalized spacial score (nSPS) is 12.4. The zero-order valence-corrected chi connectivity index (χ0v) is 17.6. The Morgan fingerprint density at radius 2 is 1.54 bits per heavy atom. The second-order valence-electron chi connectivity index (χ2n) is 7.29. The van der Waals surface area contributed by atoms with Crippen LogP contribution in [0.1, 0.15) is 65.2 Å². The van der Waals surface area contributed by atoms with E-state index < -0.39 is 21.8 Å². The summed E-state index contributed by atoms with van der Waals surface area (Å²) in [5.74, 6) is 0.882. The maximum atomic E-state index is 11.4. The maximum Gasteiger partial charge on any atom is 0.393 e. The molecule has 0 unspecified atom stereocenters. The first-order valence-electron chi connectivity index (χ1n) is 9.50. The number of hydrogen-bond donors (Lipinski definition) is 0. The van der Waals surface area contributed by atoms with Gasteiger partial charge >= 0.3 is 11.7 Å². The van der Waals surface area contributed by atoms with Crippen molar-refractivity contribution in [2.45, 2.75) is 83.4 Å². The lowest BCUT2D eigenvalue weighted by atomic mass is 10.0. The number of hydrogen-bond acceptors (Lipinski definition) is 3. The predicted octanol–water partition coefficient (Wildman–Crippen LogP) is 4.48. The molecular formula is C18H32F4N2O3S. The van der Waals surface area contributed by atoms with E-state index in [1.54, 1.807) is 0 Å². The number of halogens is 4. The minimum absolute atomic E-state index is 0.882. The highest BCUT2D eigenvalue weighted by molar-refractivity contribution is 7.86. The van der Waals surface area contributed by atoms with E-state index in [1.165, 1.54) is 57.9 Å². The van der Waals surface area contributed by atoms with Crippen molar-refractivity contribution in [2.75, 3.05) is 0 Å². The molecule has 1 aromatic rings. The summed E-state index contributed by atoms with van der Waals surface area (Å²) in [5.41, 5.74) is 0. The van der Waals surface area contributed by atoms with Gasteiger partial charge in [-0.25, -0.2) is 26.3 Å². The predicted molar refractivity (Wildman–Crippen MR) is 98.0 cm³/mol. The van der Waals surface area contributed by atoms with Crippen LogP contribution in [0.5, 0.6) is 0 Å². The smallest absolute Gasteiger partial charge is 0.393 e. The highest BCUT2D eigenvalue weighted by Crippen LogP contribution is 2.27. The molecule has 0 aromatic carbocycles. The number of aryl methyl sites for hydroxylation is 2. The number of imidazole rings is 1. The molecule has 0 saturated carbocycles. The number of rotatable bonds is 12. The largest absolute Gasteiger partial charge is 0.743 e. The van der Waals surface area contributed by atoms with E-state index in [1.807, 2.05) is 0 Å². The molecule has 0 radical (unpaired) electrons. The first-order valence-corrected chi connectivity index (χ1v) is 10.9. The average molecular weight is 433 g/mol. The molecule has 10 heteroatoms. The molecule has 0 aliphatic heterocycles. The highest BCUT2D eigenvalue weighted by Gasteiger charge is 2.48. The van der Waals surface area contributed by atoms with Crippen LogP contribution in [0.15, 0.2) is 18.7 Å². The standard InChI is InChI=1S/C16H31N2.C2H2F4O3S/c1-16(2)11-9-7-5-4-6-8-10-12-18-14-13-17(3)15-18;3-1(4)2(5,6)10(7,8)9/h13-16H,4-12H2,1-3H3;1H,(H,7,8,9)/q+1;/p-1. The van der Waals surface area contributed by atoms with Gasteiger partial charge < -0.3 is 4.55 Å². The average Bonchev–Trinajstić information content (AvgIpc) is 2.97. The lowest BCUT2D eigenvalue weighted by molar-refractivity contribution is -0.671. The fourth-order valence-electron chi connectivity index (χ4n) is 2.47. The molecule has 28 heavy (non-hydrogen) atoms. The molecule has 0 fully saturated rings. The van der Waals surface area contributed by atoms with Gasteiger partial charge in [0.2, 0.25) is 6.33 Å². The molecule has 0 atom stereocenters. The number of aromatic nitrogens is 2. The van der Waals surface area contributed by atoms with Gasteiger partial charge in [-0.2, -0.15) is 8.78 Å². The second kappa shape index (κ2) is 13.1. The summed E-state index contributed by atoms with van der Waals surface area (Å²) in [4.78, 5) is 0. The summed E-state index contributed by atoms with van der Waals surface area (Å²) >= 11 is 0. The van der Waals surface area contributed by atoms with Crippen molar-refractivity contribution >= 4 is 10.1 Å². The fraction of sp³-hybridized carbons (Fsp3) is 0.833. The molecule has 0 bridgehead atoms. The molecule has 0 amide bonds. The molecule has 1 rings (SSSR count). The number of alkyl halides is 4. The zero-order valence-electron chi connectivity index (χ0n) is 16.8. The summed E-state index contributed by atoms with van der Waals surface area (Å²) in [5, 5.41) is -5.48. The Balaban J connectivity index is 0.000000621. The Bertz CT molecular complexity index is 635.